The van der Waals surface area contributed by atoms with Gasteiger partial charge in [-0.1, -0.05) is 6.92 Å². The zero-order valence-electron chi connectivity index (χ0n) is 10.1. The summed E-state index contributed by atoms with van der Waals surface area (Å²) in [5, 5.41) is 3.19. The molecule has 0 radical (unpaired) electrons. The lowest BCUT2D eigenvalue weighted by Gasteiger charge is -2.33. The molecule has 0 unspecified atom stereocenters. The number of thiazole rings is 1. The van der Waals surface area contributed by atoms with E-state index in [2.05, 4.69) is 29.2 Å². The first kappa shape index (κ1) is 11.9. The standard InChI is InChI=1S/C12H21N3S/c1-9-3-5-11(6-4-9)15(2)12-14-10(7-13)8-16-12/h8-9,11H,3-7,13H2,1-2H3. The van der Waals surface area contributed by atoms with Crippen LogP contribution in [0.2, 0.25) is 0 Å². The van der Waals surface area contributed by atoms with Gasteiger partial charge in [0.05, 0.1) is 5.69 Å². The SMILES string of the molecule is CC1CCC(N(C)c2nc(CN)cs2)CC1. The summed E-state index contributed by atoms with van der Waals surface area (Å²) in [6.07, 6.45) is 5.30. The molecular formula is C12H21N3S. The Morgan fingerprint density at radius 1 is 1.44 bits per heavy atom. The van der Waals surface area contributed by atoms with Gasteiger partial charge < -0.3 is 10.6 Å². The van der Waals surface area contributed by atoms with E-state index in [1.807, 2.05) is 0 Å². The maximum Gasteiger partial charge on any atom is 0.185 e. The van der Waals surface area contributed by atoms with E-state index in [0.29, 0.717) is 12.6 Å². The summed E-state index contributed by atoms with van der Waals surface area (Å²) in [6.45, 7) is 2.90. The van der Waals surface area contributed by atoms with E-state index in [-0.39, 0.29) is 0 Å². The average molecular weight is 239 g/mol. The minimum absolute atomic E-state index is 0.548. The van der Waals surface area contributed by atoms with E-state index in [4.69, 9.17) is 5.73 Å². The van der Waals surface area contributed by atoms with Gasteiger partial charge in [-0.2, -0.15) is 0 Å². The second-order valence-corrected chi connectivity index (χ2v) is 5.69. The molecule has 1 aliphatic rings. The summed E-state index contributed by atoms with van der Waals surface area (Å²) in [4.78, 5) is 6.89. The van der Waals surface area contributed by atoms with Crippen molar-refractivity contribution in [3.05, 3.63) is 11.1 Å². The number of nitrogens with zero attached hydrogens (tertiary/aromatic N) is 2. The Kier molecular flexibility index (Phi) is 3.82. The molecular weight excluding hydrogens is 218 g/mol. The summed E-state index contributed by atoms with van der Waals surface area (Å²) in [7, 11) is 2.17. The summed E-state index contributed by atoms with van der Waals surface area (Å²) in [6, 6.07) is 0.674. The molecule has 0 saturated heterocycles. The van der Waals surface area contributed by atoms with Crippen molar-refractivity contribution < 1.29 is 0 Å². The summed E-state index contributed by atoms with van der Waals surface area (Å²) < 4.78 is 0. The van der Waals surface area contributed by atoms with Crippen molar-refractivity contribution in [2.24, 2.45) is 11.7 Å². The van der Waals surface area contributed by atoms with Crippen LogP contribution in [0.1, 0.15) is 38.3 Å². The van der Waals surface area contributed by atoms with Gasteiger partial charge in [-0.3, -0.25) is 0 Å². The van der Waals surface area contributed by atoms with E-state index in [9.17, 15) is 0 Å². The van der Waals surface area contributed by atoms with Crippen LogP contribution in [0.5, 0.6) is 0 Å². The monoisotopic (exact) mass is 239 g/mol. The zero-order chi connectivity index (χ0) is 11.5. The molecule has 3 nitrogen and oxygen atoms in total. The van der Waals surface area contributed by atoms with Crippen LogP contribution in [0.15, 0.2) is 5.38 Å². The predicted molar refractivity (Wildman–Crippen MR) is 69.8 cm³/mol. The van der Waals surface area contributed by atoms with Crippen LogP contribution in [0.25, 0.3) is 0 Å². The molecule has 1 fully saturated rings. The van der Waals surface area contributed by atoms with Gasteiger partial charge in [0.2, 0.25) is 0 Å². The molecule has 0 aromatic carbocycles. The Balaban J connectivity index is 1.98. The molecule has 90 valence electrons. The topological polar surface area (TPSA) is 42.2 Å². The Morgan fingerprint density at radius 3 is 2.69 bits per heavy atom. The molecule has 0 atom stereocenters. The van der Waals surface area contributed by atoms with Crippen molar-refractivity contribution in [3.8, 4) is 0 Å². The molecule has 1 aliphatic carbocycles. The Labute approximate surface area is 102 Å². The smallest absolute Gasteiger partial charge is 0.185 e. The predicted octanol–water partition coefficient (Wildman–Crippen LogP) is 2.62. The van der Waals surface area contributed by atoms with E-state index in [1.165, 1.54) is 25.7 Å². The van der Waals surface area contributed by atoms with Crippen LogP contribution in [-0.2, 0) is 6.54 Å². The second-order valence-electron chi connectivity index (χ2n) is 4.85. The van der Waals surface area contributed by atoms with Crippen LogP contribution in [0.3, 0.4) is 0 Å². The number of hydrogen-bond acceptors (Lipinski definition) is 4. The van der Waals surface area contributed by atoms with Crippen LogP contribution in [0.4, 0.5) is 5.13 Å². The van der Waals surface area contributed by atoms with Crippen molar-refractivity contribution >= 4 is 16.5 Å². The molecule has 0 amide bonds. The highest BCUT2D eigenvalue weighted by molar-refractivity contribution is 7.13. The molecule has 1 aromatic rings. The quantitative estimate of drug-likeness (QED) is 0.881. The lowest BCUT2D eigenvalue weighted by molar-refractivity contribution is 0.340. The Hall–Kier alpha value is -0.610. The number of aromatic nitrogens is 1. The largest absolute Gasteiger partial charge is 0.348 e. The minimum atomic E-state index is 0.548. The number of rotatable bonds is 3. The normalized spacial score (nSPS) is 25.7. The number of hydrogen-bond donors (Lipinski definition) is 1. The van der Waals surface area contributed by atoms with Gasteiger partial charge >= 0.3 is 0 Å². The number of nitrogens with two attached hydrogens (primary N) is 1. The van der Waals surface area contributed by atoms with E-state index in [1.54, 1.807) is 11.3 Å². The number of anilines is 1. The highest BCUT2D eigenvalue weighted by Gasteiger charge is 2.23. The summed E-state index contributed by atoms with van der Waals surface area (Å²) >= 11 is 1.71. The van der Waals surface area contributed by atoms with Gasteiger partial charge in [0.25, 0.3) is 0 Å². The van der Waals surface area contributed by atoms with Crippen LogP contribution >= 0.6 is 11.3 Å². The average Bonchev–Trinajstić information content (AvgIpc) is 2.77. The van der Waals surface area contributed by atoms with Crippen LogP contribution < -0.4 is 10.6 Å². The van der Waals surface area contributed by atoms with Gasteiger partial charge in [0.15, 0.2) is 5.13 Å². The first-order valence-electron chi connectivity index (χ1n) is 6.08. The van der Waals surface area contributed by atoms with Crippen molar-refractivity contribution in [1.82, 2.24) is 4.98 Å². The van der Waals surface area contributed by atoms with E-state index >= 15 is 0 Å². The first-order chi connectivity index (χ1) is 7.70. The lowest BCUT2D eigenvalue weighted by Crippen LogP contribution is -2.34. The van der Waals surface area contributed by atoms with Crippen LogP contribution in [-0.4, -0.2) is 18.1 Å². The van der Waals surface area contributed by atoms with Gasteiger partial charge in [-0.15, -0.1) is 11.3 Å². The van der Waals surface area contributed by atoms with Gasteiger partial charge in [0, 0.05) is 25.0 Å². The van der Waals surface area contributed by atoms with Crippen LogP contribution in [0, 0.1) is 5.92 Å². The molecule has 0 aliphatic heterocycles. The molecule has 1 heterocycles. The van der Waals surface area contributed by atoms with Gasteiger partial charge in [-0.05, 0) is 31.6 Å². The van der Waals surface area contributed by atoms with Gasteiger partial charge in [-0.25, -0.2) is 4.98 Å². The summed E-state index contributed by atoms with van der Waals surface area (Å²) in [5.74, 6) is 0.903. The van der Waals surface area contributed by atoms with Crippen molar-refractivity contribution in [3.63, 3.8) is 0 Å². The van der Waals surface area contributed by atoms with Gasteiger partial charge in [0.1, 0.15) is 0 Å². The fraction of sp³-hybridized carbons (Fsp3) is 0.750. The second kappa shape index (κ2) is 5.15. The maximum absolute atomic E-state index is 5.59. The zero-order valence-corrected chi connectivity index (χ0v) is 11.0. The molecule has 16 heavy (non-hydrogen) atoms. The lowest BCUT2D eigenvalue weighted by atomic mass is 9.87. The molecule has 0 bridgehead atoms. The fourth-order valence-electron chi connectivity index (χ4n) is 2.34. The summed E-state index contributed by atoms with van der Waals surface area (Å²) in [5.41, 5.74) is 6.60. The third-order valence-corrected chi connectivity index (χ3v) is 4.56. The van der Waals surface area contributed by atoms with Crippen molar-refractivity contribution in [1.29, 1.82) is 0 Å². The molecule has 2 rings (SSSR count). The Morgan fingerprint density at radius 2 is 2.12 bits per heavy atom. The third-order valence-electron chi connectivity index (χ3n) is 3.58. The highest BCUT2D eigenvalue weighted by atomic mass is 32.1. The highest BCUT2D eigenvalue weighted by Crippen LogP contribution is 2.30. The molecule has 2 N–H and O–H groups in total. The molecule has 4 heteroatoms. The fourth-order valence-corrected chi connectivity index (χ4v) is 3.21. The van der Waals surface area contributed by atoms with E-state index in [0.717, 1.165) is 16.7 Å². The molecule has 0 spiro atoms. The first-order valence-corrected chi connectivity index (χ1v) is 6.96. The molecule has 1 saturated carbocycles. The Bertz CT molecular complexity index is 329. The van der Waals surface area contributed by atoms with Crippen molar-refractivity contribution in [2.75, 3.05) is 11.9 Å². The maximum atomic E-state index is 5.59. The van der Waals surface area contributed by atoms with Crippen molar-refractivity contribution in [2.45, 2.75) is 45.2 Å². The third kappa shape index (κ3) is 2.55. The molecule has 1 aromatic heterocycles. The van der Waals surface area contributed by atoms with E-state index < -0.39 is 0 Å². The minimum Gasteiger partial charge on any atom is -0.348 e.